The van der Waals surface area contributed by atoms with Crippen molar-refractivity contribution in [2.24, 2.45) is 0 Å². The van der Waals surface area contributed by atoms with Crippen LogP contribution >= 0.6 is 0 Å². The van der Waals surface area contributed by atoms with Gasteiger partial charge in [-0.2, -0.15) is 0 Å². The largest absolute Gasteiger partial charge is 0.497 e. The van der Waals surface area contributed by atoms with Crippen LogP contribution in [0.5, 0.6) is 11.5 Å². The van der Waals surface area contributed by atoms with Gasteiger partial charge in [0.1, 0.15) is 11.5 Å². The summed E-state index contributed by atoms with van der Waals surface area (Å²) in [7, 11) is -2.65. The normalized spacial score (nSPS) is 10.9. The number of esters is 1. The van der Waals surface area contributed by atoms with Crippen molar-refractivity contribution >= 4 is 21.5 Å². The van der Waals surface area contributed by atoms with E-state index in [1.165, 1.54) is 43.5 Å². The van der Waals surface area contributed by atoms with Crippen LogP contribution in [0.4, 0.5) is 5.69 Å². The zero-order chi connectivity index (χ0) is 21.0. The highest BCUT2D eigenvalue weighted by atomic mass is 32.2. The molecule has 148 valence electrons. The van der Waals surface area contributed by atoms with E-state index in [1.807, 2.05) is 0 Å². The summed E-state index contributed by atoms with van der Waals surface area (Å²) in [5, 5.41) is 10.8. The number of hydrogen-bond donors (Lipinski definition) is 0. The lowest BCUT2D eigenvalue weighted by Gasteiger charge is -2.11. The number of sulfone groups is 1. The predicted molar refractivity (Wildman–Crippen MR) is 103 cm³/mol. The first-order chi connectivity index (χ1) is 13.8. The number of rotatable bonds is 6. The number of carbonyl (C=O) groups excluding carboxylic acids is 1. The van der Waals surface area contributed by atoms with Crippen LogP contribution in [0.1, 0.15) is 10.4 Å². The average molecular weight is 413 g/mol. The van der Waals surface area contributed by atoms with Crippen LogP contribution in [0.25, 0.3) is 0 Å². The molecule has 0 fully saturated rings. The van der Waals surface area contributed by atoms with Crippen molar-refractivity contribution in [3.8, 4) is 11.5 Å². The van der Waals surface area contributed by atoms with Crippen molar-refractivity contribution in [2.75, 3.05) is 7.11 Å². The standard InChI is InChI=1S/C20H15NO7S/c1-27-15-5-4-6-16(13-15)28-20(22)18-7-2-3-8-19(18)29(25,26)17-11-9-14(10-12-17)21(23)24/h2-13H,1H3. The zero-order valence-electron chi connectivity index (χ0n) is 15.1. The van der Waals surface area contributed by atoms with E-state index in [1.54, 1.807) is 12.1 Å². The average Bonchev–Trinajstić information content (AvgIpc) is 2.74. The Balaban J connectivity index is 1.97. The summed E-state index contributed by atoms with van der Waals surface area (Å²) in [6.07, 6.45) is 0. The molecule has 3 rings (SSSR count). The Hall–Kier alpha value is -3.72. The third-order valence-corrected chi connectivity index (χ3v) is 5.83. The third kappa shape index (κ3) is 4.25. The van der Waals surface area contributed by atoms with Crippen molar-refractivity contribution in [3.05, 3.63) is 88.5 Å². The summed E-state index contributed by atoms with van der Waals surface area (Å²) in [5.74, 6) is -0.196. The molecule has 0 bridgehead atoms. The van der Waals surface area contributed by atoms with E-state index in [4.69, 9.17) is 9.47 Å². The van der Waals surface area contributed by atoms with Crippen LogP contribution in [0.15, 0.2) is 82.6 Å². The third-order valence-electron chi connectivity index (χ3n) is 4.01. The lowest BCUT2D eigenvalue weighted by molar-refractivity contribution is -0.384. The molecule has 8 nitrogen and oxygen atoms in total. The van der Waals surface area contributed by atoms with E-state index >= 15 is 0 Å². The van der Waals surface area contributed by atoms with E-state index < -0.39 is 20.7 Å². The van der Waals surface area contributed by atoms with Gasteiger partial charge < -0.3 is 9.47 Å². The molecule has 29 heavy (non-hydrogen) atoms. The molecule has 9 heteroatoms. The molecule has 0 N–H and O–H groups in total. The number of benzene rings is 3. The number of hydrogen-bond acceptors (Lipinski definition) is 7. The Morgan fingerprint density at radius 3 is 2.24 bits per heavy atom. The first-order valence-electron chi connectivity index (χ1n) is 8.28. The predicted octanol–water partition coefficient (Wildman–Crippen LogP) is 3.66. The van der Waals surface area contributed by atoms with Gasteiger partial charge in [-0.1, -0.05) is 18.2 Å². The maximum absolute atomic E-state index is 13.0. The first-order valence-corrected chi connectivity index (χ1v) is 9.76. The molecule has 0 aliphatic rings. The molecule has 0 amide bonds. The molecule has 0 saturated carbocycles. The Bertz CT molecular complexity index is 1170. The molecule has 3 aromatic carbocycles. The second kappa shape index (κ2) is 8.11. The van der Waals surface area contributed by atoms with Crippen LogP contribution in [0.2, 0.25) is 0 Å². The number of nitrogens with zero attached hydrogens (tertiary/aromatic N) is 1. The van der Waals surface area contributed by atoms with Crippen LogP contribution < -0.4 is 9.47 Å². The Kier molecular flexibility index (Phi) is 5.60. The molecule has 0 atom stereocenters. The fraction of sp³-hybridized carbons (Fsp3) is 0.0500. The quantitative estimate of drug-likeness (QED) is 0.262. The van der Waals surface area contributed by atoms with Gasteiger partial charge >= 0.3 is 5.97 Å². The van der Waals surface area contributed by atoms with Gasteiger partial charge in [0.25, 0.3) is 5.69 Å². The lowest BCUT2D eigenvalue weighted by Crippen LogP contribution is -2.14. The van der Waals surface area contributed by atoms with Gasteiger partial charge in [-0.05, 0) is 36.4 Å². The Morgan fingerprint density at radius 2 is 1.59 bits per heavy atom. The molecule has 0 unspecified atom stereocenters. The van der Waals surface area contributed by atoms with Gasteiger partial charge in [-0.3, -0.25) is 10.1 Å². The summed E-state index contributed by atoms with van der Waals surface area (Å²) in [6.45, 7) is 0. The van der Waals surface area contributed by atoms with Crippen LogP contribution in [-0.2, 0) is 9.84 Å². The number of nitro benzene ring substituents is 1. The van der Waals surface area contributed by atoms with Gasteiger partial charge in [-0.25, -0.2) is 13.2 Å². The molecular formula is C20H15NO7S. The summed E-state index contributed by atoms with van der Waals surface area (Å²) in [6, 6.07) is 16.3. The van der Waals surface area contributed by atoms with Crippen molar-refractivity contribution in [3.63, 3.8) is 0 Å². The fourth-order valence-corrected chi connectivity index (χ4v) is 4.02. The molecule has 0 heterocycles. The second-order valence-electron chi connectivity index (χ2n) is 5.82. The molecule has 0 aliphatic heterocycles. The molecular weight excluding hydrogens is 398 g/mol. The SMILES string of the molecule is COc1cccc(OC(=O)c2ccccc2S(=O)(=O)c2ccc([N+](=O)[O-])cc2)c1. The number of carbonyl (C=O) groups is 1. The van der Waals surface area contributed by atoms with E-state index in [2.05, 4.69) is 0 Å². The number of ether oxygens (including phenoxy) is 2. The van der Waals surface area contributed by atoms with Gasteiger partial charge in [0.15, 0.2) is 0 Å². The molecule has 0 radical (unpaired) electrons. The fourth-order valence-electron chi connectivity index (χ4n) is 2.57. The van der Waals surface area contributed by atoms with Gasteiger partial charge in [0.2, 0.25) is 9.84 Å². The highest BCUT2D eigenvalue weighted by molar-refractivity contribution is 7.91. The second-order valence-corrected chi connectivity index (χ2v) is 7.74. The van der Waals surface area contributed by atoms with Gasteiger partial charge in [-0.15, -0.1) is 0 Å². The number of nitro groups is 1. The van der Waals surface area contributed by atoms with Crippen molar-refractivity contribution < 1.29 is 27.6 Å². The van der Waals surface area contributed by atoms with Crippen LogP contribution in [0, 0.1) is 10.1 Å². The van der Waals surface area contributed by atoms with E-state index in [0.717, 1.165) is 24.3 Å². The first kappa shape index (κ1) is 20.0. The highest BCUT2D eigenvalue weighted by Gasteiger charge is 2.26. The minimum atomic E-state index is -4.11. The van der Waals surface area contributed by atoms with Gasteiger partial charge in [0, 0.05) is 18.2 Å². The van der Waals surface area contributed by atoms with Crippen molar-refractivity contribution in [2.45, 2.75) is 9.79 Å². The Labute approximate surface area is 166 Å². The molecule has 0 spiro atoms. The molecule has 0 saturated heterocycles. The smallest absolute Gasteiger partial charge is 0.344 e. The van der Waals surface area contributed by atoms with Crippen molar-refractivity contribution in [1.29, 1.82) is 0 Å². The molecule has 0 aromatic heterocycles. The topological polar surface area (TPSA) is 113 Å². The summed E-state index contributed by atoms with van der Waals surface area (Å²) in [4.78, 5) is 22.4. The highest BCUT2D eigenvalue weighted by Crippen LogP contribution is 2.27. The minimum absolute atomic E-state index is 0.159. The van der Waals surface area contributed by atoms with Crippen molar-refractivity contribution in [1.82, 2.24) is 0 Å². The summed E-state index contributed by atoms with van der Waals surface area (Å²) >= 11 is 0. The zero-order valence-corrected chi connectivity index (χ0v) is 16.0. The maximum Gasteiger partial charge on any atom is 0.344 e. The molecule has 3 aromatic rings. The van der Waals surface area contributed by atoms with E-state index in [9.17, 15) is 23.3 Å². The number of non-ortho nitro benzene ring substituents is 1. The lowest BCUT2D eigenvalue weighted by atomic mass is 10.2. The summed E-state index contributed by atoms with van der Waals surface area (Å²) in [5.41, 5.74) is -0.400. The summed E-state index contributed by atoms with van der Waals surface area (Å²) < 4.78 is 36.4. The monoisotopic (exact) mass is 413 g/mol. The molecule has 0 aliphatic carbocycles. The van der Waals surface area contributed by atoms with Crippen LogP contribution in [0.3, 0.4) is 0 Å². The van der Waals surface area contributed by atoms with E-state index in [0.29, 0.717) is 5.75 Å². The number of methoxy groups -OCH3 is 1. The maximum atomic E-state index is 13.0. The van der Waals surface area contributed by atoms with Crippen LogP contribution in [-0.4, -0.2) is 26.4 Å². The Morgan fingerprint density at radius 1 is 0.931 bits per heavy atom. The van der Waals surface area contributed by atoms with Gasteiger partial charge in [0.05, 0.1) is 27.4 Å². The minimum Gasteiger partial charge on any atom is -0.497 e. The van der Waals surface area contributed by atoms with E-state index in [-0.39, 0.29) is 26.8 Å².